The minimum absolute atomic E-state index is 0.146. The number of halogens is 3. The van der Waals surface area contributed by atoms with Crippen molar-refractivity contribution in [1.82, 2.24) is 9.88 Å². The van der Waals surface area contributed by atoms with Crippen molar-refractivity contribution in [3.05, 3.63) is 29.6 Å². The molecule has 144 valence electrons. The summed E-state index contributed by atoms with van der Waals surface area (Å²) in [4.78, 5) is 17.8. The molecule has 1 amide bonds. The van der Waals surface area contributed by atoms with E-state index in [1.165, 1.54) is 4.90 Å². The van der Waals surface area contributed by atoms with E-state index in [4.69, 9.17) is 5.11 Å². The Kier molecular flexibility index (Phi) is 5.14. The number of nitrogens with zero attached hydrogens (tertiary/aromatic N) is 2. The Bertz CT molecular complexity index is 649. The van der Waals surface area contributed by atoms with E-state index in [0.717, 1.165) is 37.1 Å². The standard InChI is InChI=1S/C18H23F3N2O3/c1-12-3-2-4-14(22-12)13-9-17(10-13)5-7-23(8-6-17)16(25)26-15(11-24)18(19,20)21/h2-4,13,15,24H,5-11H2,1H3/t15-/m1/s1. The predicted octanol–water partition coefficient (Wildman–Crippen LogP) is 3.41. The number of aliphatic hydroxyl groups excluding tert-OH is 1. The van der Waals surface area contributed by atoms with Gasteiger partial charge in [-0.05, 0) is 50.2 Å². The molecule has 1 aliphatic carbocycles. The number of amides is 1. The molecule has 0 aromatic carbocycles. The molecule has 1 saturated heterocycles. The lowest BCUT2D eigenvalue weighted by Crippen LogP contribution is -2.50. The summed E-state index contributed by atoms with van der Waals surface area (Å²) in [7, 11) is 0. The van der Waals surface area contributed by atoms with Gasteiger partial charge in [0.05, 0.1) is 6.61 Å². The van der Waals surface area contributed by atoms with Crippen LogP contribution in [0.4, 0.5) is 18.0 Å². The number of hydrogen-bond donors (Lipinski definition) is 1. The van der Waals surface area contributed by atoms with Crippen molar-refractivity contribution >= 4 is 6.09 Å². The molecule has 2 fully saturated rings. The van der Waals surface area contributed by atoms with E-state index in [9.17, 15) is 18.0 Å². The van der Waals surface area contributed by atoms with E-state index in [1.807, 2.05) is 25.1 Å². The summed E-state index contributed by atoms with van der Waals surface area (Å²) in [6.07, 6.45) is -4.74. The van der Waals surface area contributed by atoms with Gasteiger partial charge in [0.1, 0.15) is 0 Å². The van der Waals surface area contributed by atoms with E-state index in [0.29, 0.717) is 19.0 Å². The predicted molar refractivity (Wildman–Crippen MR) is 87.6 cm³/mol. The van der Waals surface area contributed by atoms with Crippen LogP contribution in [0, 0.1) is 12.3 Å². The zero-order valence-electron chi connectivity index (χ0n) is 14.6. The van der Waals surface area contributed by atoms with E-state index in [2.05, 4.69) is 9.72 Å². The number of ether oxygens (including phenoxy) is 1. The van der Waals surface area contributed by atoms with Gasteiger partial charge in [-0.3, -0.25) is 4.98 Å². The highest BCUT2D eigenvalue weighted by atomic mass is 19.4. The summed E-state index contributed by atoms with van der Waals surface area (Å²) in [5, 5.41) is 8.77. The van der Waals surface area contributed by atoms with Gasteiger partial charge in [0.2, 0.25) is 6.10 Å². The maximum atomic E-state index is 12.6. The Hall–Kier alpha value is -1.83. The van der Waals surface area contributed by atoms with Gasteiger partial charge < -0.3 is 14.7 Å². The quantitative estimate of drug-likeness (QED) is 0.883. The van der Waals surface area contributed by atoms with E-state index < -0.39 is 25.0 Å². The molecular formula is C18H23F3N2O3. The molecule has 0 unspecified atom stereocenters. The topological polar surface area (TPSA) is 62.7 Å². The summed E-state index contributed by atoms with van der Waals surface area (Å²) in [5.74, 6) is 0.414. The lowest BCUT2D eigenvalue weighted by molar-refractivity contribution is -0.215. The number of rotatable bonds is 3. The van der Waals surface area contributed by atoms with Crippen LogP contribution in [0.15, 0.2) is 18.2 Å². The zero-order chi connectivity index (χ0) is 18.9. The molecule has 1 aliphatic heterocycles. The summed E-state index contributed by atoms with van der Waals surface area (Å²) in [5.41, 5.74) is 2.23. The van der Waals surface area contributed by atoms with Crippen LogP contribution in [-0.2, 0) is 4.74 Å². The summed E-state index contributed by atoms with van der Waals surface area (Å²) in [6.45, 7) is 1.45. The Morgan fingerprint density at radius 2 is 2.04 bits per heavy atom. The van der Waals surface area contributed by atoms with Crippen molar-refractivity contribution in [2.75, 3.05) is 19.7 Å². The van der Waals surface area contributed by atoms with Crippen LogP contribution < -0.4 is 0 Å². The van der Waals surface area contributed by atoms with Crippen LogP contribution in [0.1, 0.15) is 43.0 Å². The number of pyridine rings is 1. The lowest BCUT2D eigenvalue weighted by Gasteiger charge is -2.52. The molecule has 1 spiro atoms. The number of carbonyl (C=O) groups excluding carboxylic acids is 1. The number of aromatic nitrogens is 1. The van der Waals surface area contributed by atoms with Gasteiger partial charge in [-0.2, -0.15) is 13.2 Å². The molecule has 1 atom stereocenters. The largest absolute Gasteiger partial charge is 0.434 e. The van der Waals surface area contributed by atoms with Gasteiger partial charge in [0.15, 0.2) is 0 Å². The van der Waals surface area contributed by atoms with Crippen molar-refractivity contribution in [3.63, 3.8) is 0 Å². The molecule has 0 radical (unpaired) electrons. The maximum Gasteiger partial charge on any atom is 0.427 e. The summed E-state index contributed by atoms with van der Waals surface area (Å²) < 4.78 is 42.2. The summed E-state index contributed by atoms with van der Waals surface area (Å²) >= 11 is 0. The van der Waals surface area contributed by atoms with Gasteiger partial charge in [-0.1, -0.05) is 6.07 Å². The molecule has 1 N–H and O–H groups in total. The van der Waals surface area contributed by atoms with E-state index in [1.54, 1.807) is 0 Å². The molecule has 1 saturated carbocycles. The lowest BCUT2D eigenvalue weighted by atomic mass is 9.57. The number of hydrogen-bond acceptors (Lipinski definition) is 4. The van der Waals surface area contributed by atoms with Crippen molar-refractivity contribution in [3.8, 4) is 0 Å². The first-order valence-electron chi connectivity index (χ1n) is 8.79. The maximum absolute atomic E-state index is 12.6. The number of aryl methyl sites for hydroxylation is 1. The average molecular weight is 372 g/mol. The number of likely N-dealkylation sites (tertiary alicyclic amines) is 1. The molecule has 8 heteroatoms. The highest BCUT2D eigenvalue weighted by Crippen LogP contribution is 2.56. The van der Waals surface area contributed by atoms with Crippen LogP contribution in [-0.4, -0.2) is 53.1 Å². The van der Waals surface area contributed by atoms with Gasteiger partial charge in [-0.25, -0.2) is 4.79 Å². The Morgan fingerprint density at radius 1 is 1.38 bits per heavy atom. The van der Waals surface area contributed by atoms with Crippen molar-refractivity contribution in [2.45, 2.75) is 50.8 Å². The smallest absolute Gasteiger partial charge is 0.427 e. The second-order valence-electron chi connectivity index (χ2n) is 7.39. The van der Waals surface area contributed by atoms with Crippen molar-refractivity contribution in [1.29, 1.82) is 0 Å². The van der Waals surface area contributed by atoms with Gasteiger partial charge in [-0.15, -0.1) is 0 Å². The molecular weight excluding hydrogens is 349 g/mol. The molecule has 26 heavy (non-hydrogen) atoms. The Balaban J connectivity index is 1.50. The molecule has 3 rings (SSSR count). The Morgan fingerprint density at radius 3 is 2.58 bits per heavy atom. The second-order valence-corrected chi connectivity index (χ2v) is 7.39. The van der Waals surface area contributed by atoms with Crippen molar-refractivity contribution in [2.24, 2.45) is 5.41 Å². The fourth-order valence-corrected chi connectivity index (χ4v) is 3.96. The third-order valence-corrected chi connectivity index (χ3v) is 5.54. The zero-order valence-corrected chi connectivity index (χ0v) is 14.6. The third kappa shape index (κ3) is 3.95. The summed E-state index contributed by atoms with van der Waals surface area (Å²) in [6, 6.07) is 5.99. The fraction of sp³-hybridized carbons (Fsp3) is 0.667. The van der Waals surface area contributed by atoms with E-state index >= 15 is 0 Å². The average Bonchev–Trinajstić information content (AvgIpc) is 2.56. The van der Waals surface area contributed by atoms with Crippen LogP contribution >= 0.6 is 0 Å². The van der Waals surface area contributed by atoms with Crippen molar-refractivity contribution < 1.29 is 27.8 Å². The molecule has 1 aromatic heterocycles. The van der Waals surface area contributed by atoms with Crippen LogP contribution in [0.25, 0.3) is 0 Å². The minimum atomic E-state index is -4.76. The highest BCUT2D eigenvalue weighted by molar-refractivity contribution is 5.68. The molecule has 2 heterocycles. The molecule has 1 aromatic rings. The number of aliphatic hydroxyl groups is 1. The first kappa shape index (κ1) is 18.9. The van der Waals surface area contributed by atoms with Gasteiger partial charge in [0.25, 0.3) is 0 Å². The number of piperidine rings is 1. The van der Waals surface area contributed by atoms with Gasteiger partial charge in [0, 0.05) is 30.4 Å². The number of carbonyl (C=O) groups is 1. The molecule has 5 nitrogen and oxygen atoms in total. The minimum Gasteiger partial charge on any atom is -0.434 e. The van der Waals surface area contributed by atoms with Crippen LogP contribution in [0.5, 0.6) is 0 Å². The fourth-order valence-electron chi connectivity index (χ4n) is 3.96. The number of alkyl halides is 3. The SMILES string of the molecule is Cc1cccc(C2CC3(CCN(C(=O)O[C@H](CO)C(F)(F)F)CC3)C2)n1. The Labute approximate surface area is 150 Å². The molecule has 0 bridgehead atoms. The molecule has 2 aliphatic rings. The van der Waals surface area contributed by atoms with Crippen LogP contribution in [0.3, 0.4) is 0 Å². The third-order valence-electron chi connectivity index (χ3n) is 5.54. The first-order chi connectivity index (χ1) is 12.2. The first-order valence-corrected chi connectivity index (χ1v) is 8.79. The van der Waals surface area contributed by atoms with Gasteiger partial charge >= 0.3 is 12.3 Å². The normalized spacial score (nSPS) is 21.3. The monoisotopic (exact) mass is 372 g/mol. The van der Waals surface area contributed by atoms with Crippen LogP contribution in [0.2, 0.25) is 0 Å². The highest BCUT2D eigenvalue weighted by Gasteiger charge is 2.48. The second kappa shape index (κ2) is 7.06. The van der Waals surface area contributed by atoms with E-state index in [-0.39, 0.29) is 5.41 Å².